The minimum absolute atomic E-state index is 0.00369. The molecule has 94 valence electrons. The van der Waals surface area contributed by atoms with Crippen molar-refractivity contribution in [2.45, 2.75) is 32.1 Å². The van der Waals surface area contributed by atoms with E-state index in [1.807, 2.05) is 20.8 Å². The van der Waals surface area contributed by atoms with Gasteiger partial charge in [-0.3, -0.25) is 4.79 Å². The molecule has 1 aromatic rings. The molecule has 17 heavy (non-hydrogen) atoms. The number of hydrogen-bond donors (Lipinski definition) is 0. The van der Waals surface area contributed by atoms with Crippen LogP contribution in [0.1, 0.15) is 25.0 Å². The Bertz CT molecular complexity index is 528. The number of ketones is 1. The molecule has 0 saturated heterocycles. The number of Topliss-reactive ketones (excluding diaryl/α,β-unsaturated/α-hetero) is 1. The summed E-state index contributed by atoms with van der Waals surface area (Å²) in [5.41, 5.74) is 1.75. The number of carbonyl (C=O) groups is 1. The molecule has 0 radical (unpaired) electrons. The van der Waals surface area contributed by atoms with Crippen molar-refractivity contribution in [3.8, 4) is 0 Å². The highest BCUT2D eigenvalue weighted by Gasteiger charge is 2.12. The average molecular weight is 254 g/mol. The summed E-state index contributed by atoms with van der Waals surface area (Å²) in [6.07, 6.45) is 1.55. The summed E-state index contributed by atoms with van der Waals surface area (Å²) in [7, 11) is -3.17. The first-order chi connectivity index (χ1) is 7.71. The molecule has 0 bridgehead atoms. The molecule has 1 aromatic carbocycles. The van der Waals surface area contributed by atoms with Crippen molar-refractivity contribution >= 4 is 15.6 Å². The van der Waals surface area contributed by atoms with Gasteiger partial charge in [-0.15, -0.1) is 0 Å². The lowest BCUT2D eigenvalue weighted by atomic mass is 9.98. The molecule has 0 amide bonds. The summed E-state index contributed by atoms with van der Waals surface area (Å²) in [6, 6.07) is 4.91. The van der Waals surface area contributed by atoms with E-state index in [9.17, 15) is 13.2 Å². The molecular formula is C13H18O3S. The van der Waals surface area contributed by atoms with Crippen LogP contribution in [0.4, 0.5) is 0 Å². The van der Waals surface area contributed by atoms with Gasteiger partial charge in [0.2, 0.25) is 0 Å². The van der Waals surface area contributed by atoms with Crippen molar-refractivity contribution in [1.82, 2.24) is 0 Å². The van der Waals surface area contributed by atoms with E-state index in [1.54, 1.807) is 18.2 Å². The third-order valence-corrected chi connectivity index (χ3v) is 3.86. The van der Waals surface area contributed by atoms with E-state index in [4.69, 9.17) is 0 Å². The van der Waals surface area contributed by atoms with Gasteiger partial charge in [-0.05, 0) is 30.2 Å². The van der Waals surface area contributed by atoms with Crippen molar-refractivity contribution in [2.24, 2.45) is 5.92 Å². The number of carbonyl (C=O) groups excluding carboxylic acids is 1. The van der Waals surface area contributed by atoms with Crippen LogP contribution in [0.15, 0.2) is 23.1 Å². The first kappa shape index (κ1) is 13.9. The van der Waals surface area contributed by atoms with Gasteiger partial charge in [0.1, 0.15) is 5.78 Å². The number of aryl methyl sites for hydroxylation is 1. The highest BCUT2D eigenvalue weighted by molar-refractivity contribution is 7.90. The average Bonchev–Trinajstić information content (AvgIpc) is 2.19. The zero-order chi connectivity index (χ0) is 13.2. The highest BCUT2D eigenvalue weighted by atomic mass is 32.2. The maximum atomic E-state index is 11.6. The molecule has 0 saturated carbocycles. The maximum absolute atomic E-state index is 11.6. The van der Waals surface area contributed by atoms with Crippen LogP contribution in [0.25, 0.3) is 0 Å². The van der Waals surface area contributed by atoms with Gasteiger partial charge < -0.3 is 0 Å². The lowest BCUT2D eigenvalue weighted by Gasteiger charge is -2.08. The van der Waals surface area contributed by atoms with Crippen molar-refractivity contribution in [1.29, 1.82) is 0 Å². The van der Waals surface area contributed by atoms with Gasteiger partial charge >= 0.3 is 0 Å². The van der Waals surface area contributed by atoms with E-state index in [0.29, 0.717) is 11.3 Å². The fourth-order valence-electron chi connectivity index (χ4n) is 1.49. The smallest absolute Gasteiger partial charge is 0.175 e. The summed E-state index contributed by atoms with van der Waals surface area (Å²) in [4.78, 5) is 11.9. The minimum Gasteiger partial charge on any atom is -0.299 e. The first-order valence-corrected chi connectivity index (χ1v) is 7.43. The fourth-order valence-corrected chi connectivity index (χ4v) is 2.20. The Hall–Kier alpha value is -1.16. The van der Waals surface area contributed by atoms with Crippen molar-refractivity contribution in [2.75, 3.05) is 6.26 Å². The lowest BCUT2D eigenvalue weighted by molar-refractivity contribution is -0.121. The van der Waals surface area contributed by atoms with Crippen molar-refractivity contribution in [3.63, 3.8) is 0 Å². The number of benzene rings is 1. The predicted molar refractivity (Wildman–Crippen MR) is 67.8 cm³/mol. The molecule has 0 fully saturated rings. The van der Waals surface area contributed by atoms with E-state index in [0.717, 1.165) is 11.1 Å². The van der Waals surface area contributed by atoms with Gasteiger partial charge in [0.15, 0.2) is 9.84 Å². The van der Waals surface area contributed by atoms with E-state index < -0.39 is 9.84 Å². The minimum atomic E-state index is -3.17. The maximum Gasteiger partial charge on any atom is 0.175 e. The van der Waals surface area contributed by atoms with Crippen LogP contribution >= 0.6 is 0 Å². The summed E-state index contributed by atoms with van der Waals surface area (Å²) < 4.78 is 22.7. The zero-order valence-electron chi connectivity index (χ0n) is 10.6. The second-order valence-electron chi connectivity index (χ2n) is 4.66. The third-order valence-electron chi connectivity index (χ3n) is 2.75. The molecule has 0 unspecified atom stereocenters. The first-order valence-electron chi connectivity index (χ1n) is 5.54. The number of rotatable bonds is 4. The van der Waals surface area contributed by atoms with E-state index in [2.05, 4.69) is 0 Å². The molecule has 0 heterocycles. The quantitative estimate of drug-likeness (QED) is 0.827. The van der Waals surface area contributed by atoms with Gasteiger partial charge in [0, 0.05) is 18.6 Å². The van der Waals surface area contributed by atoms with E-state index >= 15 is 0 Å². The van der Waals surface area contributed by atoms with Gasteiger partial charge in [-0.2, -0.15) is 0 Å². The molecular weight excluding hydrogens is 236 g/mol. The summed E-state index contributed by atoms with van der Waals surface area (Å²) >= 11 is 0. The number of hydrogen-bond acceptors (Lipinski definition) is 3. The summed E-state index contributed by atoms with van der Waals surface area (Å²) in [5, 5.41) is 0. The van der Waals surface area contributed by atoms with E-state index in [1.165, 1.54) is 6.26 Å². The second-order valence-corrected chi connectivity index (χ2v) is 6.67. The van der Waals surface area contributed by atoms with Crippen LogP contribution in [0.2, 0.25) is 0 Å². The predicted octanol–water partition coefficient (Wildman–Crippen LogP) is 2.17. The Labute approximate surface area is 103 Å². The highest BCUT2D eigenvalue weighted by Crippen LogP contribution is 2.17. The van der Waals surface area contributed by atoms with Crippen LogP contribution in [-0.4, -0.2) is 20.5 Å². The summed E-state index contributed by atoms with van der Waals surface area (Å²) in [6.45, 7) is 5.56. The van der Waals surface area contributed by atoms with Crippen LogP contribution in [0.5, 0.6) is 0 Å². The van der Waals surface area contributed by atoms with Crippen LogP contribution in [-0.2, 0) is 21.1 Å². The monoisotopic (exact) mass is 254 g/mol. The standard InChI is InChI=1S/C13H18O3S/c1-9(2)13(14)8-11-5-6-12(7-10(11)3)17(4,15)16/h5-7,9H,8H2,1-4H3. The SMILES string of the molecule is Cc1cc(S(C)(=O)=O)ccc1CC(=O)C(C)C. The van der Waals surface area contributed by atoms with Gasteiger partial charge in [-0.1, -0.05) is 19.9 Å². The lowest BCUT2D eigenvalue weighted by Crippen LogP contribution is -2.11. The molecule has 0 aliphatic rings. The van der Waals surface area contributed by atoms with Crippen molar-refractivity contribution < 1.29 is 13.2 Å². The Balaban J connectivity index is 3.03. The molecule has 1 rings (SSSR count). The molecule has 3 nitrogen and oxygen atoms in total. The van der Waals surface area contributed by atoms with Crippen LogP contribution in [0.3, 0.4) is 0 Å². The van der Waals surface area contributed by atoms with Crippen LogP contribution < -0.4 is 0 Å². The van der Waals surface area contributed by atoms with Gasteiger partial charge in [0.25, 0.3) is 0 Å². The molecule has 0 N–H and O–H groups in total. The fraction of sp³-hybridized carbons (Fsp3) is 0.462. The van der Waals surface area contributed by atoms with Gasteiger partial charge in [-0.25, -0.2) is 8.42 Å². The molecule has 0 spiro atoms. The second kappa shape index (κ2) is 5.00. The zero-order valence-corrected chi connectivity index (χ0v) is 11.5. The third kappa shape index (κ3) is 3.66. The molecule has 0 atom stereocenters. The molecule has 0 aliphatic carbocycles. The Morgan fingerprint density at radius 2 is 1.88 bits per heavy atom. The topological polar surface area (TPSA) is 51.2 Å². The van der Waals surface area contributed by atoms with Crippen molar-refractivity contribution in [3.05, 3.63) is 29.3 Å². The van der Waals surface area contributed by atoms with Gasteiger partial charge in [0.05, 0.1) is 4.90 Å². The molecule has 4 heteroatoms. The largest absolute Gasteiger partial charge is 0.299 e. The van der Waals surface area contributed by atoms with E-state index in [-0.39, 0.29) is 11.7 Å². The normalized spacial score (nSPS) is 11.8. The Morgan fingerprint density at radius 3 is 2.29 bits per heavy atom. The molecule has 0 aliphatic heterocycles. The number of sulfone groups is 1. The summed E-state index contributed by atoms with van der Waals surface area (Å²) in [5.74, 6) is 0.171. The van der Waals surface area contributed by atoms with Crippen LogP contribution in [0, 0.1) is 12.8 Å². The Morgan fingerprint density at radius 1 is 1.29 bits per heavy atom. The molecule has 0 aromatic heterocycles. The Kier molecular flexibility index (Phi) is 4.09.